The van der Waals surface area contributed by atoms with Gasteiger partial charge in [0.05, 0.1) is 11.2 Å². The van der Waals surface area contributed by atoms with Crippen LogP contribution in [0, 0.1) is 6.92 Å². The zero-order valence-electron chi connectivity index (χ0n) is 11.9. The Morgan fingerprint density at radius 3 is 2.45 bits per heavy atom. The van der Waals surface area contributed by atoms with Gasteiger partial charge < -0.3 is 5.73 Å². The fraction of sp³-hybridized carbons (Fsp3) is 0.167. The van der Waals surface area contributed by atoms with Crippen LogP contribution in [-0.2, 0) is 6.42 Å². The zero-order chi connectivity index (χ0) is 14.1. The molecule has 2 heteroatoms. The molecule has 0 saturated carbocycles. The van der Waals surface area contributed by atoms with Gasteiger partial charge >= 0.3 is 0 Å². The van der Waals surface area contributed by atoms with Crippen LogP contribution in [0.3, 0.4) is 0 Å². The summed E-state index contributed by atoms with van der Waals surface area (Å²) in [7, 11) is 0. The summed E-state index contributed by atoms with van der Waals surface area (Å²) < 4.78 is 0. The van der Waals surface area contributed by atoms with E-state index < -0.39 is 0 Å². The fourth-order valence-electron chi connectivity index (χ4n) is 2.81. The highest BCUT2D eigenvalue weighted by Gasteiger charge is 2.13. The first-order chi connectivity index (χ1) is 9.72. The number of anilines is 1. The van der Waals surface area contributed by atoms with Crippen molar-refractivity contribution >= 4 is 16.6 Å². The summed E-state index contributed by atoms with van der Waals surface area (Å²) in [6.45, 7) is 4.33. The van der Waals surface area contributed by atoms with E-state index in [0.29, 0.717) is 0 Å². The molecular weight excluding hydrogens is 244 g/mol. The molecule has 0 aliphatic rings. The first-order valence-electron chi connectivity index (χ1n) is 6.95. The molecule has 0 aliphatic carbocycles. The highest BCUT2D eigenvalue weighted by atomic mass is 14.7. The first kappa shape index (κ1) is 12.7. The quantitative estimate of drug-likeness (QED) is 0.697. The average molecular weight is 262 g/mol. The molecule has 2 aromatic carbocycles. The Hall–Kier alpha value is -2.35. The molecular formula is C18H18N2. The van der Waals surface area contributed by atoms with Crippen LogP contribution >= 0.6 is 0 Å². The standard InChI is InChI=1S/C18H18N2/c1-3-13-12(2)18(15-9-4-6-10-16(15)19)20-17-11-7-5-8-14(13)17/h4-11H,3,19H2,1-2H3. The monoisotopic (exact) mass is 262 g/mol. The van der Waals surface area contributed by atoms with E-state index in [4.69, 9.17) is 10.7 Å². The van der Waals surface area contributed by atoms with Gasteiger partial charge in [0.15, 0.2) is 0 Å². The van der Waals surface area contributed by atoms with Gasteiger partial charge in [-0.15, -0.1) is 0 Å². The molecule has 0 bridgehead atoms. The van der Waals surface area contributed by atoms with E-state index in [9.17, 15) is 0 Å². The van der Waals surface area contributed by atoms with Crippen LogP contribution in [0.4, 0.5) is 5.69 Å². The van der Waals surface area contributed by atoms with Crippen LogP contribution < -0.4 is 5.73 Å². The summed E-state index contributed by atoms with van der Waals surface area (Å²) in [4.78, 5) is 4.83. The molecule has 0 unspecified atom stereocenters. The Balaban J connectivity index is 2.37. The van der Waals surface area contributed by atoms with Crippen LogP contribution in [0.5, 0.6) is 0 Å². The van der Waals surface area contributed by atoms with E-state index in [1.807, 2.05) is 30.3 Å². The predicted octanol–water partition coefficient (Wildman–Crippen LogP) is 4.35. The first-order valence-corrected chi connectivity index (χ1v) is 6.95. The number of nitrogens with zero attached hydrogens (tertiary/aromatic N) is 1. The zero-order valence-corrected chi connectivity index (χ0v) is 11.9. The van der Waals surface area contributed by atoms with Crippen molar-refractivity contribution < 1.29 is 0 Å². The van der Waals surface area contributed by atoms with Crippen molar-refractivity contribution in [1.29, 1.82) is 0 Å². The van der Waals surface area contributed by atoms with Gasteiger partial charge in [-0.3, -0.25) is 0 Å². The van der Waals surface area contributed by atoms with Gasteiger partial charge in [-0.25, -0.2) is 4.98 Å². The van der Waals surface area contributed by atoms with Crippen molar-refractivity contribution in [3.8, 4) is 11.3 Å². The van der Waals surface area contributed by atoms with E-state index in [1.54, 1.807) is 0 Å². The van der Waals surface area contributed by atoms with Gasteiger partial charge in [0.2, 0.25) is 0 Å². The lowest BCUT2D eigenvalue weighted by Crippen LogP contribution is -1.99. The molecule has 1 aromatic heterocycles. The molecule has 20 heavy (non-hydrogen) atoms. The smallest absolute Gasteiger partial charge is 0.0762 e. The largest absolute Gasteiger partial charge is 0.398 e. The predicted molar refractivity (Wildman–Crippen MR) is 85.7 cm³/mol. The summed E-state index contributed by atoms with van der Waals surface area (Å²) in [6, 6.07) is 16.2. The van der Waals surface area contributed by atoms with Crippen LogP contribution in [0.25, 0.3) is 22.2 Å². The number of rotatable bonds is 2. The minimum Gasteiger partial charge on any atom is -0.398 e. The molecule has 1 heterocycles. The lowest BCUT2D eigenvalue weighted by molar-refractivity contribution is 1.11. The summed E-state index contributed by atoms with van der Waals surface area (Å²) >= 11 is 0. The van der Waals surface area contributed by atoms with E-state index >= 15 is 0 Å². The maximum atomic E-state index is 6.12. The fourth-order valence-corrected chi connectivity index (χ4v) is 2.81. The number of hydrogen-bond donors (Lipinski definition) is 1. The molecule has 100 valence electrons. The number of fused-ring (bicyclic) bond motifs is 1. The third-order valence-corrected chi connectivity index (χ3v) is 3.84. The minimum atomic E-state index is 0.778. The molecule has 0 fully saturated rings. The topological polar surface area (TPSA) is 38.9 Å². The molecule has 0 spiro atoms. The number of benzene rings is 2. The number of nitrogen functional groups attached to an aromatic ring is 1. The summed E-state index contributed by atoms with van der Waals surface area (Å²) in [5.74, 6) is 0. The third kappa shape index (κ3) is 1.94. The average Bonchev–Trinajstić information content (AvgIpc) is 2.47. The van der Waals surface area contributed by atoms with Gasteiger partial charge in [0.25, 0.3) is 0 Å². The third-order valence-electron chi connectivity index (χ3n) is 3.84. The van der Waals surface area contributed by atoms with E-state index in [0.717, 1.165) is 28.9 Å². The van der Waals surface area contributed by atoms with Gasteiger partial charge in [-0.05, 0) is 36.6 Å². The van der Waals surface area contributed by atoms with Crippen LogP contribution in [0.15, 0.2) is 48.5 Å². The lowest BCUT2D eigenvalue weighted by Gasteiger charge is -2.14. The number of aryl methyl sites for hydroxylation is 1. The SMILES string of the molecule is CCc1c(C)c(-c2ccccc2N)nc2ccccc12. The Labute approximate surface area is 119 Å². The van der Waals surface area contributed by atoms with Gasteiger partial charge in [-0.1, -0.05) is 43.3 Å². The molecule has 0 saturated heterocycles. The normalized spacial score (nSPS) is 10.9. The Kier molecular flexibility index (Phi) is 3.15. The molecule has 2 nitrogen and oxygen atoms in total. The van der Waals surface area contributed by atoms with Gasteiger partial charge in [0.1, 0.15) is 0 Å². The molecule has 3 aromatic rings. The Bertz CT molecular complexity index is 775. The Morgan fingerprint density at radius 2 is 1.70 bits per heavy atom. The highest BCUT2D eigenvalue weighted by molar-refractivity contribution is 5.89. The van der Waals surface area contributed by atoms with Crippen LogP contribution in [0.1, 0.15) is 18.1 Å². The second-order valence-corrected chi connectivity index (χ2v) is 5.02. The van der Waals surface area contributed by atoms with Gasteiger partial charge in [0, 0.05) is 16.6 Å². The van der Waals surface area contributed by atoms with E-state index in [2.05, 4.69) is 32.0 Å². The van der Waals surface area contributed by atoms with Crippen molar-refractivity contribution in [3.05, 3.63) is 59.7 Å². The number of para-hydroxylation sites is 2. The van der Waals surface area contributed by atoms with Gasteiger partial charge in [-0.2, -0.15) is 0 Å². The maximum Gasteiger partial charge on any atom is 0.0762 e. The molecule has 2 N–H and O–H groups in total. The van der Waals surface area contributed by atoms with Crippen molar-refractivity contribution in [2.24, 2.45) is 0 Å². The lowest BCUT2D eigenvalue weighted by atomic mass is 9.96. The van der Waals surface area contributed by atoms with Crippen molar-refractivity contribution in [1.82, 2.24) is 4.98 Å². The van der Waals surface area contributed by atoms with E-state index in [1.165, 1.54) is 16.5 Å². The highest BCUT2D eigenvalue weighted by Crippen LogP contribution is 2.32. The van der Waals surface area contributed by atoms with Crippen molar-refractivity contribution in [2.75, 3.05) is 5.73 Å². The molecule has 0 atom stereocenters. The molecule has 0 amide bonds. The summed E-state index contributed by atoms with van der Waals surface area (Å²) in [5.41, 5.74) is 12.5. The second-order valence-electron chi connectivity index (χ2n) is 5.02. The molecule has 0 aliphatic heterocycles. The minimum absolute atomic E-state index is 0.778. The number of hydrogen-bond acceptors (Lipinski definition) is 2. The number of pyridine rings is 1. The summed E-state index contributed by atoms with van der Waals surface area (Å²) in [5, 5.41) is 1.24. The number of nitrogens with two attached hydrogens (primary N) is 1. The second kappa shape index (κ2) is 4.97. The molecule has 3 rings (SSSR count). The van der Waals surface area contributed by atoms with Crippen molar-refractivity contribution in [3.63, 3.8) is 0 Å². The van der Waals surface area contributed by atoms with Crippen LogP contribution in [-0.4, -0.2) is 4.98 Å². The molecule has 0 radical (unpaired) electrons. The van der Waals surface area contributed by atoms with E-state index in [-0.39, 0.29) is 0 Å². The Morgan fingerprint density at radius 1 is 1.00 bits per heavy atom. The van der Waals surface area contributed by atoms with Crippen molar-refractivity contribution in [2.45, 2.75) is 20.3 Å². The summed E-state index contributed by atoms with van der Waals surface area (Å²) in [6.07, 6.45) is 0.995. The maximum absolute atomic E-state index is 6.12. The number of aromatic nitrogens is 1. The van der Waals surface area contributed by atoms with Crippen LogP contribution in [0.2, 0.25) is 0 Å².